The molecule has 0 aromatic heterocycles. The van der Waals surface area contributed by atoms with Crippen LogP contribution in [0, 0.1) is 0 Å². The summed E-state index contributed by atoms with van der Waals surface area (Å²) < 4.78 is 30.1. The number of rotatable bonds is 8. The smallest absolute Gasteiger partial charge is 0.387 e. The summed E-state index contributed by atoms with van der Waals surface area (Å²) in [6, 6.07) is 4.14. The van der Waals surface area contributed by atoms with Gasteiger partial charge in [-0.25, -0.2) is 0 Å². The quantitative estimate of drug-likeness (QED) is 0.458. The van der Waals surface area contributed by atoms with Gasteiger partial charge in [-0.05, 0) is 32.1 Å². The van der Waals surface area contributed by atoms with Gasteiger partial charge in [-0.1, -0.05) is 38.1 Å². The van der Waals surface area contributed by atoms with Gasteiger partial charge in [0, 0.05) is 7.05 Å². The minimum absolute atomic E-state index is 0.0531. The Morgan fingerprint density at radius 1 is 1.29 bits per heavy atom. The highest BCUT2D eigenvalue weighted by molar-refractivity contribution is 6.00. The van der Waals surface area contributed by atoms with Crippen LogP contribution in [0.5, 0.6) is 5.75 Å². The topological polar surface area (TPSA) is 93.4 Å². The van der Waals surface area contributed by atoms with Crippen LogP contribution < -0.4 is 21.1 Å². The molecule has 0 atom stereocenters. The van der Waals surface area contributed by atoms with E-state index in [1.54, 1.807) is 26.0 Å². The third-order valence-electron chi connectivity index (χ3n) is 3.20. The molecule has 6 nitrogen and oxygen atoms in total. The third-order valence-corrected chi connectivity index (χ3v) is 3.20. The molecule has 2 amide bonds. The van der Waals surface area contributed by atoms with Crippen molar-refractivity contribution in [2.75, 3.05) is 12.4 Å². The van der Waals surface area contributed by atoms with Gasteiger partial charge in [0.25, 0.3) is 11.8 Å². The summed E-state index contributed by atoms with van der Waals surface area (Å²) in [6.45, 7) is 7.94. The van der Waals surface area contributed by atoms with E-state index < -0.39 is 24.2 Å². The van der Waals surface area contributed by atoms with Crippen molar-refractivity contribution in [3.05, 3.63) is 59.3 Å². The summed E-state index contributed by atoms with van der Waals surface area (Å²) >= 11 is 0. The fraction of sp³-hybridized carbons (Fsp3) is 0.300. The van der Waals surface area contributed by atoms with Crippen LogP contribution in [-0.4, -0.2) is 25.5 Å². The van der Waals surface area contributed by atoms with Crippen LogP contribution in [-0.2, 0) is 4.79 Å². The Morgan fingerprint density at radius 3 is 2.32 bits per heavy atom. The number of allylic oxidation sites excluding steroid dienone is 3. The lowest BCUT2D eigenvalue weighted by Gasteiger charge is -2.18. The van der Waals surface area contributed by atoms with E-state index in [2.05, 4.69) is 21.9 Å². The average Bonchev–Trinajstić information content (AvgIpc) is 2.63. The predicted octanol–water partition coefficient (Wildman–Crippen LogP) is 3.98. The number of anilines is 1. The summed E-state index contributed by atoms with van der Waals surface area (Å²) in [5, 5.41) is 5.34. The number of nitrogens with one attached hydrogen (secondary N) is 2. The maximum absolute atomic E-state index is 12.8. The molecule has 0 bridgehead atoms. The molecule has 0 aliphatic heterocycles. The third kappa shape index (κ3) is 7.22. The average molecular weight is 395 g/mol. The minimum Gasteiger partial charge on any atom is -0.432 e. The van der Waals surface area contributed by atoms with E-state index >= 15 is 0 Å². The lowest BCUT2D eigenvalue weighted by Crippen LogP contribution is -2.24. The number of nitrogens with two attached hydrogens (primary N) is 1. The lowest BCUT2D eigenvalue weighted by molar-refractivity contribution is -0.116. The number of ether oxygens (including phenoxy) is 1. The minimum atomic E-state index is -3.16. The van der Waals surface area contributed by atoms with Gasteiger partial charge in [0.1, 0.15) is 0 Å². The Morgan fingerprint density at radius 2 is 1.89 bits per heavy atom. The zero-order chi connectivity index (χ0) is 21.9. The normalized spacial score (nSPS) is 11.3. The maximum Gasteiger partial charge on any atom is 0.387 e. The maximum atomic E-state index is 12.8. The van der Waals surface area contributed by atoms with Crippen LogP contribution in [0.15, 0.2) is 53.8 Å². The van der Waals surface area contributed by atoms with Crippen molar-refractivity contribution in [2.24, 2.45) is 5.73 Å². The van der Waals surface area contributed by atoms with Crippen LogP contribution in [0.4, 0.5) is 14.5 Å². The predicted molar refractivity (Wildman–Crippen MR) is 107 cm³/mol. The highest BCUT2D eigenvalue weighted by atomic mass is 19.3. The molecule has 0 saturated heterocycles. The second-order valence-electron chi connectivity index (χ2n) is 5.24. The van der Waals surface area contributed by atoms with Gasteiger partial charge in [0.05, 0.1) is 22.5 Å². The molecule has 28 heavy (non-hydrogen) atoms. The molecular formula is C20H27F2N3O3. The summed E-state index contributed by atoms with van der Waals surface area (Å²) in [5.41, 5.74) is 6.22. The fourth-order valence-corrected chi connectivity index (χ4v) is 2.16. The van der Waals surface area contributed by atoms with E-state index in [1.165, 1.54) is 25.2 Å². The number of alkyl halides is 2. The number of halogens is 2. The second kappa shape index (κ2) is 12.3. The molecular weight excluding hydrogens is 368 g/mol. The Bertz CT molecular complexity index is 772. The molecule has 1 aromatic carbocycles. The van der Waals surface area contributed by atoms with Gasteiger partial charge < -0.3 is 21.1 Å². The van der Waals surface area contributed by atoms with Crippen molar-refractivity contribution < 1.29 is 23.1 Å². The number of hydrogen-bond donors (Lipinski definition) is 3. The number of hydrogen-bond acceptors (Lipinski definition) is 4. The first-order valence-electron chi connectivity index (χ1n) is 8.61. The Balaban J connectivity index is 0.00000352. The van der Waals surface area contributed by atoms with Crippen LogP contribution >= 0.6 is 0 Å². The summed E-state index contributed by atoms with van der Waals surface area (Å²) in [7, 11) is 1.46. The highest BCUT2D eigenvalue weighted by Crippen LogP contribution is 2.32. The Labute approximate surface area is 164 Å². The molecule has 0 spiro atoms. The van der Waals surface area contributed by atoms with E-state index in [4.69, 9.17) is 5.73 Å². The Hall–Kier alpha value is -3.16. The molecule has 0 saturated carbocycles. The highest BCUT2D eigenvalue weighted by Gasteiger charge is 2.20. The number of carbonyl (C=O) groups is 2. The first-order chi connectivity index (χ1) is 13.2. The molecule has 1 aromatic rings. The summed E-state index contributed by atoms with van der Waals surface area (Å²) in [6.07, 6.45) is 3.11. The van der Waals surface area contributed by atoms with Crippen molar-refractivity contribution >= 4 is 17.5 Å². The molecule has 4 N–H and O–H groups in total. The molecule has 0 heterocycles. The lowest BCUT2D eigenvalue weighted by atomic mass is 10.1. The van der Waals surface area contributed by atoms with Crippen LogP contribution in [0.3, 0.4) is 0 Å². The number of amides is 2. The zero-order valence-corrected chi connectivity index (χ0v) is 16.7. The van der Waals surface area contributed by atoms with Crippen molar-refractivity contribution in [3.8, 4) is 5.75 Å². The summed E-state index contributed by atoms with van der Waals surface area (Å²) in [5.74, 6) is -1.72. The van der Waals surface area contributed by atoms with Crippen molar-refractivity contribution in [3.63, 3.8) is 0 Å². The number of para-hydroxylation sites is 1. The van der Waals surface area contributed by atoms with Crippen LogP contribution in [0.25, 0.3) is 0 Å². The standard InChI is InChI=1S/C18H21F2N3O3.C2H6/c1-5-11(17(25)22-4)14(9-10(2)3)23-13-8-6-7-12(16(21)24)15(13)26-18(19)20;1-2/h5-9,18,23H,2H2,1,3-4H3,(H2,21,24)(H,22,25);1-2H3/b11-5+,14-9+;. The van der Waals surface area contributed by atoms with Gasteiger partial charge in [-0.15, -0.1) is 0 Å². The molecule has 0 radical (unpaired) electrons. The van der Waals surface area contributed by atoms with E-state index in [0.29, 0.717) is 11.3 Å². The van der Waals surface area contributed by atoms with E-state index in [1.807, 2.05) is 13.8 Å². The fourth-order valence-electron chi connectivity index (χ4n) is 2.16. The Kier molecular flexibility index (Phi) is 10.9. The van der Waals surface area contributed by atoms with E-state index in [0.717, 1.165) is 0 Å². The van der Waals surface area contributed by atoms with Gasteiger partial charge >= 0.3 is 6.61 Å². The largest absolute Gasteiger partial charge is 0.432 e. The van der Waals surface area contributed by atoms with Crippen molar-refractivity contribution in [1.29, 1.82) is 0 Å². The van der Waals surface area contributed by atoms with Gasteiger partial charge in [0.2, 0.25) is 0 Å². The number of likely N-dealkylation sites (N-methyl/N-ethyl adjacent to an activating group) is 1. The SMILES string of the molecule is C=C(C)/C=C(Nc1cccc(C(N)=O)c1OC(F)F)\C(=C/C)C(=O)NC.CC. The first-order valence-corrected chi connectivity index (χ1v) is 8.61. The zero-order valence-electron chi connectivity index (χ0n) is 16.7. The van der Waals surface area contributed by atoms with Crippen molar-refractivity contribution in [1.82, 2.24) is 5.32 Å². The summed E-state index contributed by atoms with van der Waals surface area (Å²) in [4.78, 5) is 23.6. The molecule has 0 fully saturated rings. The van der Waals surface area contributed by atoms with Crippen LogP contribution in [0.2, 0.25) is 0 Å². The van der Waals surface area contributed by atoms with Gasteiger partial charge in [-0.3, -0.25) is 9.59 Å². The van der Waals surface area contributed by atoms with Crippen LogP contribution in [0.1, 0.15) is 38.1 Å². The number of carbonyl (C=O) groups excluding carboxylic acids is 2. The molecule has 1 rings (SSSR count). The first kappa shape index (κ1) is 24.8. The second-order valence-corrected chi connectivity index (χ2v) is 5.24. The number of benzene rings is 1. The van der Waals surface area contributed by atoms with E-state index in [9.17, 15) is 18.4 Å². The molecule has 8 heteroatoms. The monoisotopic (exact) mass is 395 g/mol. The molecule has 154 valence electrons. The molecule has 0 aliphatic rings. The van der Waals surface area contributed by atoms with Gasteiger partial charge in [-0.2, -0.15) is 8.78 Å². The van der Waals surface area contributed by atoms with Gasteiger partial charge in [0.15, 0.2) is 5.75 Å². The van der Waals surface area contributed by atoms with E-state index in [-0.39, 0.29) is 16.8 Å². The van der Waals surface area contributed by atoms with Crippen molar-refractivity contribution in [2.45, 2.75) is 34.3 Å². The molecule has 0 aliphatic carbocycles. The number of primary amides is 1. The molecule has 0 unspecified atom stereocenters.